The molecule has 0 saturated heterocycles. The molecule has 0 saturated carbocycles. The van der Waals surface area contributed by atoms with Crippen molar-refractivity contribution in [2.75, 3.05) is 26.4 Å². The van der Waals surface area contributed by atoms with Crippen molar-refractivity contribution in [1.29, 1.82) is 0 Å². The van der Waals surface area contributed by atoms with Crippen molar-refractivity contribution in [1.82, 2.24) is 5.32 Å². The summed E-state index contributed by atoms with van der Waals surface area (Å²) in [7, 11) is 0. The van der Waals surface area contributed by atoms with Gasteiger partial charge in [0, 0.05) is 6.61 Å². The van der Waals surface area contributed by atoms with Crippen LogP contribution < -0.4 is 5.32 Å². The lowest BCUT2D eigenvalue weighted by Crippen LogP contribution is -2.50. The van der Waals surface area contributed by atoms with Crippen LogP contribution in [0, 0.1) is 0 Å². The molecule has 1 unspecified atom stereocenters. The number of amides is 1. The molecule has 128 valence electrons. The molecule has 0 bridgehead atoms. The molecule has 1 aromatic rings. The summed E-state index contributed by atoms with van der Waals surface area (Å²) >= 11 is 11.7. The van der Waals surface area contributed by atoms with Crippen LogP contribution in [0.3, 0.4) is 0 Å². The lowest BCUT2D eigenvalue weighted by atomic mass is 9.92. The highest BCUT2D eigenvalue weighted by Gasteiger charge is 2.37. The van der Waals surface area contributed by atoms with E-state index in [1.165, 1.54) is 25.1 Å². The van der Waals surface area contributed by atoms with Crippen LogP contribution in [-0.2, 0) is 24.6 Å². The van der Waals surface area contributed by atoms with E-state index in [1.54, 1.807) is 0 Å². The molecule has 2 N–H and O–H groups in total. The lowest BCUT2D eigenvalue weighted by Gasteiger charge is -2.27. The summed E-state index contributed by atoms with van der Waals surface area (Å²) < 4.78 is 10.2. The third-order valence-electron chi connectivity index (χ3n) is 3.12. The SMILES string of the molecule is CCOCCOCC(=O)NC(C)(C(=O)O)c1ccc(Cl)c(Cl)c1. The van der Waals surface area contributed by atoms with Crippen LogP contribution in [0.4, 0.5) is 0 Å². The van der Waals surface area contributed by atoms with Gasteiger partial charge in [0.05, 0.1) is 23.3 Å². The summed E-state index contributed by atoms with van der Waals surface area (Å²) in [6, 6.07) is 4.39. The number of hydrogen-bond acceptors (Lipinski definition) is 4. The molecule has 0 aliphatic rings. The lowest BCUT2D eigenvalue weighted by molar-refractivity contribution is -0.148. The first kappa shape index (κ1) is 19.7. The first-order valence-corrected chi connectivity index (χ1v) is 7.72. The average Bonchev–Trinajstić information content (AvgIpc) is 2.49. The van der Waals surface area contributed by atoms with Crippen molar-refractivity contribution >= 4 is 35.1 Å². The summed E-state index contributed by atoms with van der Waals surface area (Å²) in [4.78, 5) is 23.5. The van der Waals surface area contributed by atoms with Crippen LogP contribution in [0.2, 0.25) is 10.0 Å². The molecule has 1 aromatic carbocycles. The second kappa shape index (κ2) is 9.08. The van der Waals surface area contributed by atoms with Crippen molar-refractivity contribution in [3.8, 4) is 0 Å². The van der Waals surface area contributed by atoms with E-state index < -0.39 is 17.4 Å². The maximum absolute atomic E-state index is 11.9. The third-order valence-corrected chi connectivity index (χ3v) is 3.86. The van der Waals surface area contributed by atoms with Crippen LogP contribution in [-0.4, -0.2) is 43.4 Å². The standard InChI is InChI=1S/C15H19Cl2NO5/c1-3-22-6-7-23-9-13(19)18-15(2,14(20)21)10-4-5-11(16)12(17)8-10/h4-5,8H,3,6-7,9H2,1-2H3,(H,18,19)(H,20,21). The molecule has 23 heavy (non-hydrogen) atoms. The number of nitrogens with one attached hydrogen (secondary N) is 1. The van der Waals surface area contributed by atoms with Gasteiger partial charge < -0.3 is 19.9 Å². The topological polar surface area (TPSA) is 84.9 Å². The average molecular weight is 364 g/mol. The van der Waals surface area contributed by atoms with E-state index in [1.807, 2.05) is 6.92 Å². The number of rotatable bonds is 9. The third kappa shape index (κ3) is 5.66. The van der Waals surface area contributed by atoms with Crippen LogP contribution in [0.15, 0.2) is 18.2 Å². The molecule has 1 rings (SSSR count). The van der Waals surface area contributed by atoms with Gasteiger partial charge in [0.1, 0.15) is 6.61 Å². The van der Waals surface area contributed by atoms with Gasteiger partial charge in [-0.1, -0.05) is 29.3 Å². The normalized spacial score (nSPS) is 13.4. The Balaban J connectivity index is 2.75. The zero-order valence-corrected chi connectivity index (χ0v) is 14.4. The number of ether oxygens (including phenoxy) is 2. The molecule has 0 heterocycles. The Kier molecular flexibility index (Phi) is 7.78. The molecule has 0 radical (unpaired) electrons. The molecule has 1 amide bonds. The molecule has 8 heteroatoms. The first-order chi connectivity index (χ1) is 10.8. The maximum Gasteiger partial charge on any atom is 0.333 e. The number of benzene rings is 1. The molecule has 6 nitrogen and oxygen atoms in total. The highest BCUT2D eigenvalue weighted by atomic mass is 35.5. The Labute approximate surface area is 144 Å². The van der Waals surface area contributed by atoms with Crippen LogP contribution >= 0.6 is 23.2 Å². The van der Waals surface area contributed by atoms with E-state index in [4.69, 9.17) is 32.7 Å². The largest absolute Gasteiger partial charge is 0.479 e. The molecule has 0 spiro atoms. The minimum absolute atomic E-state index is 0.207. The van der Waals surface area contributed by atoms with Gasteiger partial charge in [0.2, 0.25) is 5.91 Å². The van der Waals surface area contributed by atoms with Gasteiger partial charge in [-0.2, -0.15) is 0 Å². The number of carbonyl (C=O) groups is 2. The van der Waals surface area contributed by atoms with Crippen molar-refractivity contribution in [2.24, 2.45) is 0 Å². The Morgan fingerprint density at radius 3 is 2.43 bits per heavy atom. The van der Waals surface area contributed by atoms with Gasteiger partial charge in [0.25, 0.3) is 0 Å². The molecule has 0 fully saturated rings. The smallest absolute Gasteiger partial charge is 0.333 e. The van der Waals surface area contributed by atoms with Crippen molar-refractivity contribution in [2.45, 2.75) is 19.4 Å². The fraction of sp³-hybridized carbons (Fsp3) is 0.467. The summed E-state index contributed by atoms with van der Waals surface area (Å²) in [6.45, 7) is 4.13. The van der Waals surface area contributed by atoms with E-state index in [-0.39, 0.29) is 18.2 Å². The first-order valence-electron chi connectivity index (χ1n) is 6.96. The van der Waals surface area contributed by atoms with Crippen molar-refractivity contribution in [3.63, 3.8) is 0 Å². The second-order valence-electron chi connectivity index (χ2n) is 4.86. The minimum atomic E-state index is -1.64. The van der Waals surface area contributed by atoms with Crippen molar-refractivity contribution < 1.29 is 24.2 Å². The fourth-order valence-electron chi connectivity index (χ4n) is 1.80. The van der Waals surface area contributed by atoms with Crippen LogP contribution in [0.5, 0.6) is 0 Å². The predicted molar refractivity (Wildman–Crippen MR) is 86.9 cm³/mol. The summed E-state index contributed by atoms with van der Waals surface area (Å²) in [6.07, 6.45) is 0. The Morgan fingerprint density at radius 1 is 1.22 bits per heavy atom. The maximum atomic E-state index is 11.9. The van der Waals surface area contributed by atoms with Gasteiger partial charge in [0.15, 0.2) is 5.54 Å². The zero-order chi connectivity index (χ0) is 17.5. The summed E-state index contributed by atoms with van der Waals surface area (Å²) in [5.74, 6) is -1.78. The summed E-state index contributed by atoms with van der Waals surface area (Å²) in [5.41, 5.74) is -1.34. The molecule has 0 aliphatic carbocycles. The highest BCUT2D eigenvalue weighted by Crippen LogP contribution is 2.29. The van der Waals surface area contributed by atoms with Crippen molar-refractivity contribution in [3.05, 3.63) is 33.8 Å². The highest BCUT2D eigenvalue weighted by molar-refractivity contribution is 6.42. The van der Waals surface area contributed by atoms with E-state index >= 15 is 0 Å². The van der Waals surface area contributed by atoms with Gasteiger partial charge in [-0.25, -0.2) is 4.79 Å². The number of aliphatic carboxylic acids is 1. The van der Waals surface area contributed by atoms with Crippen LogP contribution in [0.25, 0.3) is 0 Å². The Morgan fingerprint density at radius 2 is 1.87 bits per heavy atom. The quantitative estimate of drug-likeness (QED) is 0.658. The van der Waals surface area contributed by atoms with E-state index in [2.05, 4.69) is 5.32 Å². The van der Waals surface area contributed by atoms with Crippen LogP contribution in [0.1, 0.15) is 19.4 Å². The molecule has 0 aromatic heterocycles. The number of carboxylic acids is 1. The Bertz CT molecular complexity index is 567. The summed E-state index contributed by atoms with van der Waals surface area (Å²) in [5, 5.41) is 12.4. The van der Waals surface area contributed by atoms with E-state index in [0.717, 1.165) is 0 Å². The predicted octanol–water partition coefficient (Wildman–Crippen LogP) is 2.46. The van der Waals surface area contributed by atoms with Gasteiger partial charge in [-0.05, 0) is 31.5 Å². The molecule has 1 atom stereocenters. The number of halogens is 2. The number of carboxylic acid groups (broad SMARTS) is 1. The monoisotopic (exact) mass is 363 g/mol. The Hall–Kier alpha value is -1.34. The van der Waals surface area contributed by atoms with E-state index in [9.17, 15) is 14.7 Å². The zero-order valence-electron chi connectivity index (χ0n) is 12.9. The molecular weight excluding hydrogens is 345 g/mol. The van der Waals surface area contributed by atoms with Gasteiger partial charge in [-0.3, -0.25) is 4.79 Å². The van der Waals surface area contributed by atoms with Gasteiger partial charge in [-0.15, -0.1) is 0 Å². The van der Waals surface area contributed by atoms with E-state index in [0.29, 0.717) is 23.8 Å². The number of hydrogen-bond donors (Lipinski definition) is 2. The minimum Gasteiger partial charge on any atom is -0.479 e. The fourth-order valence-corrected chi connectivity index (χ4v) is 2.10. The molecule has 0 aliphatic heterocycles. The van der Waals surface area contributed by atoms with Gasteiger partial charge >= 0.3 is 5.97 Å². The second-order valence-corrected chi connectivity index (χ2v) is 5.67. The molecular formula is C15H19Cl2NO5. The number of carbonyl (C=O) groups excluding carboxylic acids is 1.